The Morgan fingerprint density at radius 2 is 1.85 bits per heavy atom. The van der Waals surface area contributed by atoms with Crippen LogP contribution in [0.1, 0.15) is 5.56 Å². The summed E-state index contributed by atoms with van der Waals surface area (Å²) >= 11 is 3.39. The molecule has 0 saturated heterocycles. The summed E-state index contributed by atoms with van der Waals surface area (Å²) in [6.07, 6.45) is 0. The van der Waals surface area contributed by atoms with Crippen LogP contribution in [0.5, 0.6) is 11.5 Å². The van der Waals surface area contributed by atoms with Gasteiger partial charge in [-0.3, -0.25) is 4.79 Å². The normalized spacial score (nSPS) is 10.3. The average molecular weight is 386 g/mol. The number of anilines is 1. The van der Waals surface area contributed by atoms with E-state index in [1.807, 2.05) is 36.4 Å². The molecule has 1 N–H and O–H groups in total. The highest BCUT2D eigenvalue weighted by Gasteiger charge is 2.10. The van der Waals surface area contributed by atoms with Crippen LogP contribution in [-0.2, 0) is 10.5 Å². The second kappa shape index (κ2) is 9.31. The number of amides is 1. The van der Waals surface area contributed by atoms with Gasteiger partial charge in [-0.05, 0) is 46.7 Å². The largest absolute Gasteiger partial charge is 0.493 e. The molecule has 26 heavy (non-hydrogen) atoms. The molecular weight excluding hydrogens is 366 g/mol. The van der Waals surface area contributed by atoms with Crippen molar-refractivity contribution in [1.29, 1.82) is 0 Å². The molecule has 0 radical (unpaired) electrons. The first-order chi connectivity index (χ1) is 12.8. The van der Waals surface area contributed by atoms with E-state index in [0.717, 1.165) is 16.3 Å². The zero-order valence-electron chi connectivity index (χ0n) is 14.3. The monoisotopic (exact) mass is 385 g/mol. The number of carbonyl (C=O) groups is 1. The number of methoxy groups -OCH3 is 1. The van der Waals surface area contributed by atoms with Gasteiger partial charge in [0.05, 0.1) is 12.8 Å². The van der Waals surface area contributed by atoms with Crippen molar-refractivity contribution in [3.63, 3.8) is 0 Å². The Morgan fingerprint density at radius 1 is 1.08 bits per heavy atom. The topological polar surface area (TPSA) is 47.6 Å². The van der Waals surface area contributed by atoms with Gasteiger partial charge in [0.2, 0.25) is 0 Å². The van der Waals surface area contributed by atoms with E-state index >= 15 is 0 Å². The van der Waals surface area contributed by atoms with Crippen molar-refractivity contribution in [1.82, 2.24) is 0 Å². The van der Waals surface area contributed by atoms with Crippen LogP contribution in [0.15, 0.2) is 70.3 Å². The molecule has 0 spiro atoms. The Morgan fingerprint density at radius 3 is 2.62 bits per heavy atom. The highest BCUT2D eigenvalue weighted by Crippen LogP contribution is 2.30. The maximum atomic E-state index is 12.3. The number of thiophene rings is 1. The van der Waals surface area contributed by atoms with Crippen LogP contribution in [0.3, 0.4) is 0 Å². The van der Waals surface area contributed by atoms with Crippen molar-refractivity contribution in [3.05, 3.63) is 70.9 Å². The third-order valence-corrected chi connectivity index (χ3v) is 5.44. The summed E-state index contributed by atoms with van der Waals surface area (Å²) in [5.74, 6) is 1.81. The van der Waals surface area contributed by atoms with Crippen molar-refractivity contribution >= 4 is 34.7 Å². The Hall–Kier alpha value is -2.44. The summed E-state index contributed by atoms with van der Waals surface area (Å²) in [4.78, 5) is 13.3. The predicted molar refractivity (Wildman–Crippen MR) is 107 cm³/mol. The van der Waals surface area contributed by atoms with Gasteiger partial charge in [0, 0.05) is 10.6 Å². The van der Waals surface area contributed by atoms with Crippen LogP contribution in [0.25, 0.3) is 0 Å². The van der Waals surface area contributed by atoms with Gasteiger partial charge in [-0.1, -0.05) is 24.3 Å². The van der Waals surface area contributed by atoms with Gasteiger partial charge in [-0.15, -0.1) is 11.8 Å². The lowest BCUT2D eigenvalue weighted by molar-refractivity contribution is -0.118. The van der Waals surface area contributed by atoms with E-state index in [0.29, 0.717) is 11.5 Å². The molecule has 4 nitrogen and oxygen atoms in total. The van der Waals surface area contributed by atoms with E-state index in [-0.39, 0.29) is 12.5 Å². The van der Waals surface area contributed by atoms with Crippen LogP contribution in [0.4, 0.5) is 5.69 Å². The van der Waals surface area contributed by atoms with E-state index in [1.54, 1.807) is 42.3 Å². The summed E-state index contributed by atoms with van der Waals surface area (Å²) in [7, 11) is 1.57. The van der Waals surface area contributed by atoms with Crippen LogP contribution < -0.4 is 14.8 Å². The Balaban J connectivity index is 1.58. The molecule has 0 fully saturated rings. The number of thioether (sulfide) groups is 1. The van der Waals surface area contributed by atoms with Gasteiger partial charge in [-0.25, -0.2) is 0 Å². The van der Waals surface area contributed by atoms with Crippen LogP contribution >= 0.6 is 23.1 Å². The molecule has 3 rings (SSSR count). The quantitative estimate of drug-likeness (QED) is 0.550. The number of hydrogen-bond donors (Lipinski definition) is 1. The summed E-state index contributed by atoms with van der Waals surface area (Å²) in [5, 5.41) is 7.13. The second-order valence-electron chi connectivity index (χ2n) is 5.40. The molecule has 0 saturated carbocycles. The SMILES string of the molecule is COc1ccccc1OCC(=O)Nc1ccccc1SCc1ccsc1. The molecule has 0 atom stereocenters. The average Bonchev–Trinajstić information content (AvgIpc) is 3.19. The summed E-state index contributed by atoms with van der Waals surface area (Å²) in [6, 6.07) is 17.2. The van der Waals surface area contributed by atoms with E-state index in [9.17, 15) is 4.79 Å². The smallest absolute Gasteiger partial charge is 0.262 e. The summed E-state index contributed by atoms with van der Waals surface area (Å²) < 4.78 is 10.8. The van der Waals surface area contributed by atoms with Crippen molar-refractivity contribution in [3.8, 4) is 11.5 Å². The second-order valence-corrected chi connectivity index (χ2v) is 7.20. The number of carbonyl (C=O) groups excluding carboxylic acids is 1. The minimum Gasteiger partial charge on any atom is -0.493 e. The minimum absolute atomic E-state index is 0.0795. The summed E-state index contributed by atoms with van der Waals surface area (Å²) in [6.45, 7) is -0.0795. The lowest BCUT2D eigenvalue weighted by Crippen LogP contribution is -2.20. The first-order valence-corrected chi connectivity index (χ1v) is 9.97. The Bertz CT molecular complexity index is 850. The van der Waals surface area contributed by atoms with E-state index in [1.165, 1.54) is 5.56 Å². The third kappa shape index (κ3) is 5.03. The number of benzene rings is 2. The molecule has 2 aromatic carbocycles. The fraction of sp³-hybridized carbons (Fsp3) is 0.150. The maximum Gasteiger partial charge on any atom is 0.262 e. The van der Waals surface area contributed by atoms with Gasteiger partial charge >= 0.3 is 0 Å². The standard InChI is InChI=1S/C20H19NO3S2/c1-23-17-7-3-4-8-18(17)24-12-20(22)21-16-6-2-5-9-19(16)26-14-15-10-11-25-13-15/h2-11,13H,12,14H2,1H3,(H,21,22). The lowest BCUT2D eigenvalue weighted by atomic mass is 10.3. The molecule has 0 aliphatic rings. The Kier molecular flexibility index (Phi) is 6.57. The van der Waals surface area contributed by atoms with Crippen LogP contribution in [0, 0.1) is 0 Å². The van der Waals surface area contributed by atoms with Gasteiger partial charge < -0.3 is 14.8 Å². The van der Waals surface area contributed by atoms with Crippen LogP contribution in [0.2, 0.25) is 0 Å². The molecule has 1 amide bonds. The third-order valence-electron chi connectivity index (χ3n) is 3.56. The van der Waals surface area contributed by atoms with Gasteiger partial charge in [0.25, 0.3) is 5.91 Å². The number of hydrogen-bond acceptors (Lipinski definition) is 5. The molecule has 0 aliphatic carbocycles. The zero-order chi connectivity index (χ0) is 18.2. The van der Waals surface area contributed by atoms with Crippen LogP contribution in [-0.4, -0.2) is 19.6 Å². The van der Waals surface area contributed by atoms with Gasteiger partial charge in [0.15, 0.2) is 18.1 Å². The van der Waals surface area contributed by atoms with E-state index in [4.69, 9.17) is 9.47 Å². The Labute approximate surface area is 161 Å². The van der Waals surface area contributed by atoms with Gasteiger partial charge in [0.1, 0.15) is 0 Å². The highest BCUT2D eigenvalue weighted by atomic mass is 32.2. The van der Waals surface area contributed by atoms with E-state index < -0.39 is 0 Å². The molecule has 0 bridgehead atoms. The van der Waals surface area contributed by atoms with Crippen molar-refractivity contribution < 1.29 is 14.3 Å². The molecular formula is C20H19NO3S2. The molecule has 1 heterocycles. The maximum absolute atomic E-state index is 12.3. The lowest BCUT2D eigenvalue weighted by Gasteiger charge is -2.12. The fourth-order valence-corrected chi connectivity index (χ4v) is 4.02. The number of para-hydroxylation sites is 3. The van der Waals surface area contributed by atoms with Crippen molar-refractivity contribution in [2.45, 2.75) is 10.6 Å². The first-order valence-electron chi connectivity index (χ1n) is 8.05. The summed E-state index contributed by atoms with van der Waals surface area (Å²) in [5.41, 5.74) is 2.07. The minimum atomic E-state index is -0.209. The zero-order valence-corrected chi connectivity index (χ0v) is 15.9. The molecule has 0 unspecified atom stereocenters. The van der Waals surface area contributed by atoms with Gasteiger partial charge in [-0.2, -0.15) is 11.3 Å². The molecule has 6 heteroatoms. The van der Waals surface area contributed by atoms with E-state index in [2.05, 4.69) is 22.1 Å². The molecule has 1 aromatic heterocycles. The molecule has 3 aromatic rings. The molecule has 0 aliphatic heterocycles. The molecule has 134 valence electrons. The number of rotatable bonds is 8. The van der Waals surface area contributed by atoms with Crippen molar-refractivity contribution in [2.75, 3.05) is 19.0 Å². The number of ether oxygens (including phenoxy) is 2. The first kappa shape index (κ1) is 18.4. The fourth-order valence-electron chi connectivity index (χ4n) is 2.30. The predicted octanol–water partition coefficient (Wildman–Crippen LogP) is 5.07. The van der Waals surface area contributed by atoms with Crippen molar-refractivity contribution in [2.24, 2.45) is 0 Å². The highest BCUT2D eigenvalue weighted by molar-refractivity contribution is 7.98. The number of nitrogens with one attached hydrogen (secondary N) is 1.